The van der Waals surface area contributed by atoms with Crippen LogP contribution in [0, 0.1) is 22.7 Å². The van der Waals surface area contributed by atoms with Crippen LogP contribution < -0.4 is 9.47 Å². The van der Waals surface area contributed by atoms with E-state index in [1.807, 2.05) is 12.1 Å². The summed E-state index contributed by atoms with van der Waals surface area (Å²) < 4.78 is 10.2. The Hall–Kier alpha value is -2.05. The lowest BCUT2D eigenvalue weighted by Crippen LogP contribution is -2.06. The number of rotatable bonds is 2. The van der Waals surface area contributed by atoms with Gasteiger partial charge in [-0.15, -0.1) is 0 Å². The second kappa shape index (κ2) is 5.33. The first-order valence-electron chi connectivity index (χ1n) is 4.44. The molecule has 6 heteroatoms. The normalized spacial score (nSPS) is 9.00. The molecule has 0 unspecified atom stereocenters. The number of ether oxygens (including phenoxy) is 2. The second-order valence-electron chi connectivity index (χ2n) is 2.96. The van der Waals surface area contributed by atoms with Crippen molar-refractivity contribution in [2.24, 2.45) is 0 Å². The topological polar surface area (TPSA) is 83.1 Å². The zero-order valence-electron chi connectivity index (χ0n) is 9.07. The lowest BCUT2D eigenvalue weighted by molar-refractivity contribution is -0.132. The maximum absolute atomic E-state index is 10.9. The minimum absolute atomic E-state index is 0.00775. The smallest absolute Gasteiger partial charge is 0.308 e. The monoisotopic (exact) mass is 294 g/mol. The molecule has 0 radical (unpaired) electrons. The Labute approximate surface area is 106 Å². The minimum Gasteiger partial charge on any atom is -0.493 e. The summed E-state index contributed by atoms with van der Waals surface area (Å²) in [6, 6.07) is 5.16. The summed E-state index contributed by atoms with van der Waals surface area (Å²) in [5, 5.41) is 17.9. The lowest BCUT2D eigenvalue weighted by Gasteiger charge is -2.11. The number of benzene rings is 1. The van der Waals surface area contributed by atoms with Gasteiger partial charge in [-0.25, -0.2) is 0 Å². The first kappa shape index (κ1) is 13.0. The molecule has 0 aliphatic carbocycles. The number of nitriles is 2. The molecule has 1 aromatic carbocycles. The first-order chi connectivity index (χ1) is 8.04. The molecule has 0 aromatic heterocycles. The fourth-order valence-corrected chi connectivity index (χ4v) is 1.67. The predicted octanol–water partition coefficient (Wildman–Crippen LogP) is 2.13. The van der Waals surface area contributed by atoms with E-state index in [1.54, 1.807) is 0 Å². The van der Waals surface area contributed by atoms with E-state index in [0.29, 0.717) is 0 Å². The molecule has 0 fully saturated rings. The summed E-state index contributed by atoms with van der Waals surface area (Å²) in [6.07, 6.45) is 0. The van der Waals surface area contributed by atoms with Gasteiger partial charge in [0.05, 0.1) is 17.1 Å². The molecule has 0 amide bonds. The van der Waals surface area contributed by atoms with Crippen LogP contribution in [-0.2, 0) is 4.79 Å². The zero-order valence-corrected chi connectivity index (χ0v) is 10.7. The quantitative estimate of drug-likeness (QED) is 0.616. The molecular formula is C11H7BrN2O3. The zero-order chi connectivity index (χ0) is 13.0. The number of hydrogen-bond acceptors (Lipinski definition) is 5. The van der Waals surface area contributed by atoms with Gasteiger partial charge >= 0.3 is 5.97 Å². The van der Waals surface area contributed by atoms with Crippen LogP contribution in [0.15, 0.2) is 10.5 Å². The van der Waals surface area contributed by atoms with Crippen molar-refractivity contribution in [2.75, 3.05) is 7.11 Å². The number of carbonyl (C=O) groups excluding carboxylic acids is 1. The molecule has 0 aliphatic rings. The van der Waals surface area contributed by atoms with E-state index in [-0.39, 0.29) is 27.1 Å². The van der Waals surface area contributed by atoms with Gasteiger partial charge in [0.1, 0.15) is 17.7 Å². The predicted molar refractivity (Wildman–Crippen MR) is 61.4 cm³/mol. The number of carbonyl (C=O) groups is 1. The summed E-state index contributed by atoms with van der Waals surface area (Å²) in [6.45, 7) is 1.21. The van der Waals surface area contributed by atoms with Crippen LogP contribution in [0.4, 0.5) is 0 Å². The van der Waals surface area contributed by atoms with E-state index >= 15 is 0 Å². The fourth-order valence-electron chi connectivity index (χ4n) is 1.20. The highest BCUT2D eigenvalue weighted by Gasteiger charge is 2.19. The van der Waals surface area contributed by atoms with Crippen molar-refractivity contribution in [3.05, 3.63) is 21.7 Å². The third kappa shape index (κ3) is 2.55. The highest BCUT2D eigenvalue weighted by Crippen LogP contribution is 2.38. The van der Waals surface area contributed by atoms with E-state index in [9.17, 15) is 4.79 Å². The number of hydrogen-bond donors (Lipinski definition) is 0. The Balaban J connectivity index is 3.57. The van der Waals surface area contributed by atoms with Gasteiger partial charge in [0, 0.05) is 13.0 Å². The van der Waals surface area contributed by atoms with Gasteiger partial charge in [0.25, 0.3) is 0 Å². The molecule has 86 valence electrons. The molecule has 17 heavy (non-hydrogen) atoms. The summed E-state index contributed by atoms with van der Waals surface area (Å²) >= 11 is 3.11. The summed E-state index contributed by atoms with van der Waals surface area (Å²) in [7, 11) is 1.36. The van der Waals surface area contributed by atoms with Gasteiger partial charge in [-0.05, 0) is 15.9 Å². The van der Waals surface area contributed by atoms with Crippen molar-refractivity contribution in [3.8, 4) is 23.6 Å². The maximum Gasteiger partial charge on any atom is 0.308 e. The van der Waals surface area contributed by atoms with Crippen LogP contribution >= 0.6 is 15.9 Å². The van der Waals surface area contributed by atoms with E-state index in [2.05, 4.69) is 15.9 Å². The van der Waals surface area contributed by atoms with Gasteiger partial charge in [0.15, 0.2) is 11.5 Å². The van der Waals surface area contributed by atoms with Gasteiger partial charge in [0.2, 0.25) is 0 Å². The minimum atomic E-state index is -0.573. The van der Waals surface area contributed by atoms with Crippen molar-refractivity contribution in [1.82, 2.24) is 0 Å². The molecule has 0 atom stereocenters. The standard InChI is InChI=1S/C11H7BrN2O3/c1-6(15)17-11-8(5-14)10(12)7(4-13)3-9(11)16-2/h3H,1-2H3. The molecular weight excluding hydrogens is 288 g/mol. The molecule has 0 aliphatic heterocycles. The van der Waals surface area contributed by atoms with Crippen LogP contribution in [0.25, 0.3) is 0 Å². The van der Waals surface area contributed by atoms with E-state index in [4.69, 9.17) is 20.0 Å². The van der Waals surface area contributed by atoms with Crippen molar-refractivity contribution in [2.45, 2.75) is 6.92 Å². The second-order valence-corrected chi connectivity index (χ2v) is 3.75. The maximum atomic E-state index is 10.9. The molecule has 5 nitrogen and oxygen atoms in total. The molecule has 0 N–H and O–H groups in total. The number of nitrogens with zero attached hydrogens (tertiary/aromatic N) is 2. The van der Waals surface area contributed by atoms with Gasteiger partial charge in [-0.3, -0.25) is 4.79 Å². The average molecular weight is 295 g/mol. The molecule has 0 bridgehead atoms. The summed E-state index contributed by atoms with van der Waals surface area (Å²) in [5.41, 5.74) is 0.283. The number of esters is 1. The molecule has 0 spiro atoms. The molecule has 0 heterocycles. The Bertz CT molecular complexity index is 555. The van der Waals surface area contributed by atoms with Crippen molar-refractivity contribution >= 4 is 21.9 Å². The van der Waals surface area contributed by atoms with Crippen molar-refractivity contribution in [3.63, 3.8) is 0 Å². The Kier molecular flexibility index (Phi) is 4.08. The summed E-state index contributed by atoms with van der Waals surface area (Å²) in [5.74, 6) is -0.402. The van der Waals surface area contributed by atoms with Gasteiger partial charge in [-0.2, -0.15) is 10.5 Å². The van der Waals surface area contributed by atoms with Crippen LogP contribution in [0.3, 0.4) is 0 Å². The molecule has 1 rings (SSSR count). The van der Waals surface area contributed by atoms with E-state index < -0.39 is 5.97 Å². The number of methoxy groups -OCH3 is 1. The average Bonchev–Trinajstić information content (AvgIpc) is 2.29. The van der Waals surface area contributed by atoms with Crippen LogP contribution in [-0.4, -0.2) is 13.1 Å². The fraction of sp³-hybridized carbons (Fsp3) is 0.182. The third-order valence-electron chi connectivity index (χ3n) is 1.88. The van der Waals surface area contributed by atoms with Crippen molar-refractivity contribution < 1.29 is 14.3 Å². The molecule has 0 saturated heterocycles. The molecule has 1 aromatic rings. The first-order valence-corrected chi connectivity index (χ1v) is 5.23. The Morgan fingerprint density at radius 2 is 2.06 bits per heavy atom. The van der Waals surface area contributed by atoms with Crippen LogP contribution in [0.2, 0.25) is 0 Å². The third-order valence-corrected chi connectivity index (χ3v) is 2.70. The largest absolute Gasteiger partial charge is 0.493 e. The Morgan fingerprint density at radius 1 is 1.41 bits per heavy atom. The van der Waals surface area contributed by atoms with E-state index in [0.717, 1.165) is 0 Å². The van der Waals surface area contributed by atoms with Crippen LogP contribution in [0.1, 0.15) is 18.1 Å². The Morgan fingerprint density at radius 3 is 2.47 bits per heavy atom. The van der Waals surface area contributed by atoms with Gasteiger partial charge in [-0.1, -0.05) is 0 Å². The van der Waals surface area contributed by atoms with Crippen molar-refractivity contribution in [1.29, 1.82) is 10.5 Å². The SMILES string of the molecule is COc1cc(C#N)c(Br)c(C#N)c1OC(C)=O. The van der Waals surface area contributed by atoms with Gasteiger partial charge < -0.3 is 9.47 Å². The number of halogens is 1. The lowest BCUT2D eigenvalue weighted by atomic mass is 10.1. The highest BCUT2D eigenvalue weighted by molar-refractivity contribution is 9.10. The molecule has 0 saturated carbocycles. The van der Waals surface area contributed by atoms with E-state index in [1.165, 1.54) is 20.1 Å². The van der Waals surface area contributed by atoms with Crippen LogP contribution in [0.5, 0.6) is 11.5 Å². The summed E-state index contributed by atoms with van der Waals surface area (Å²) in [4.78, 5) is 10.9. The highest BCUT2D eigenvalue weighted by atomic mass is 79.9.